The largest absolute Gasteiger partial charge is 0.484 e. The van der Waals surface area contributed by atoms with Crippen molar-refractivity contribution in [2.45, 2.75) is 27.0 Å². The molecule has 144 valence electrons. The molecule has 1 N–H and O–H groups in total. The minimum absolute atomic E-state index is 0.0229. The van der Waals surface area contributed by atoms with E-state index in [0.29, 0.717) is 24.8 Å². The fourth-order valence-electron chi connectivity index (χ4n) is 2.58. The molecule has 0 saturated heterocycles. The van der Waals surface area contributed by atoms with Gasteiger partial charge in [0.1, 0.15) is 12.4 Å². The van der Waals surface area contributed by atoms with E-state index in [1.807, 2.05) is 74.5 Å². The first-order valence-corrected chi connectivity index (χ1v) is 9.18. The highest BCUT2D eigenvalue weighted by atomic mass is 16.5. The Hall–Kier alpha value is -3.34. The number of rotatable bonds is 8. The number of nitrogens with zero attached hydrogens (tertiary/aromatic N) is 1. The third kappa shape index (κ3) is 5.84. The monoisotopic (exact) mass is 376 g/mol. The Morgan fingerprint density at radius 3 is 2.54 bits per heavy atom. The summed E-state index contributed by atoms with van der Waals surface area (Å²) in [7, 11) is 0. The Morgan fingerprint density at radius 1 is 0.929 bits per heavy atom. The van der Waals surface area contributed by atoms with E-state index in [1.165, 1.54) is 5.56 Å². The minimum Gasteiger partial charge on any atom is -0.484 e. The number of ether oxygens (including phenoxy) is 2. The number of hydrogen-bond acceptors (Lipinski definition) is 4. The van der Waals surface area contributed by atoms with Crippen LogP contribution in [-0.4, -0.2) is 17.5 Å². The van der Waals surface area contributed by atoms with Gasteiger partial charge < -0.3 is 14.8 Å². The molecule has 0 aliphatic rings. The van der Waals surface area contributed by atoms with Crippen molar-refractivity contribution in [3.05, 3.63) is 89.1 Å². The maximum absolute atomic E-state index is 12.1. The van der Waals surface area contributed by atoms with Crippen LogP contribution in [0.5, 0.6) is 11.6 Å². The zero-order valence-electron chi connectivity index (χ0n) is 16.1. The summed E-state index contributed by atoms with van der Waals surface area (Å²) in [5.74, 6) is 1.04. The number of hydrogen-bond donors (Lipinski definition) is 1. The molecule has 3 aromatic rings. The van der Waals surface area contributed by atoms with E-state index in [4.69, 9.17) is 9.47 Å². The Balaban J connectivity index is 1.46. The molecule has 1 amide bonds. The van der Waals surface area contributed by atoms with E-state index in [2.05, 4.69) is 10.3 Å². The summed E-state index contributed by atoms with van der Waals surface area (Å²) >= 11 is 0. The third-order valence-corrected chi connectivity index (χ3v) is 4.37. The van der Waals surface area contributed by atoms with E-state index < -0.39 is 0 Å². The van der Waals surface area contributed by atoms with Gasteiger partial charge in [0, 0.05) is 18.8 Å². The van der Waals surface area contributed by atoms with Crippen LogP contribution in [0.3, 0.4) is 0 Å². The van der Waals surface area contributed by atoms with Gasteiger partial charge in [-0.1, -0.05) is 36.4 Å². The standard InChI is InChI=1S/C23H24N2O3/c1-17-8-9-21(12-18(17)2)27-16-22(26)25-14-20-10-11-24-23(13-20)28-15-19-6-4-3-5-7-19/h3-13H,14-16H2,1-2H3,(H,25,26). The van der Waals surface area contributed by atoms with Crippen LogP contribution in [0, 0.1) is 13.8 Å². The molecule has 0 fully saturated rings. The second-order valence-corrected chi connectivity index (χ2v) is 6.59. The first-order chi connectivity index (χ1) is 13.6. The normalized spacial score (nSPS) is 10.4. The lowest BCUT2D eigenvalue weighted by atomic mass is 10.1. The molecule has 0 radical (unpaired) electrons. The second kappa shape index (κ2) is 9.55. The number of carbonyl (C=O) groups excluding carboxylic acids is 1. The van der Waals surface area contributed by atoms with Crippen LogP contribution < -0.4 is 14.8 Å². The van der Waals surface area contributed by atoms with Crippen molar-refractivity contribution in [2.24, 2.45) is 0 Å². The summed E-state index contributed by atoms with van der Waals surface area (Å²) in [6, 6.07) is 19.4. The van der Waals surface area contributed by atoms with E-state index in [1.54, 1.807) is 6.20 Å². The molecule has 0 saturated carbocycles. The fourth-order valence-corrected chi connectivity index (χ4v) is 2.58. The summed E-state index contributed by atoms with van der Waals surface area (Å²) in [6.45, 7) is 4.87. The Labute approximate surface area is 165 Å². The molecule has 0 aliphatic heterocycles. The number of aryl methyl sites for hydroxylation is 2. The highest BCUT2D eigenvalue weighted by Gasteiger charge is 2.05. The van der Waals surface area contributed by atoms with Crippen molar-refractivity contribution >= 4 is 5.91 Å². The molecule has 2 aromatic carbocycles. The van der Waals surface area contributed by atoms with Gasteiger partial charge in [-0.3, -0.25) is 4.79 Å². The molecule has 28 heavy (non-hydrogen) atoms. The molecule has 5 nitrogen and oxygen atoms in total. The Morgan fingerprint density at radius 2 is 1.75 bits per heavy atom. The Kier molecular flexibility index (Phi) is 6.63. The van der Waals surface area contributed by atoms with Crippen LogP contribution in [0.2, 0.25) is 0 Å². The molecule has 0 unspecified atom stereocenters. The van der Waals surface area contributed by atoms with Gasteiger partial charge >= 0.3 is 0 Å². The van der Waals surface area contributed by atoms with E-state index in [-0.39, 0.29) is 12.5 Å². The minimum atomic E-state index is -0.179. The van der Waals surface area contributed by atoms with Gasteiger partial charge in [-0.2, -0.15) is 0 Å². The van der Waals surface area contributed by atoms with Crippen LogP contribution in [0.4, 0.5) is 0 Å². The lowest BCUT2D eigenvalue weighted by molar-refractivity contribution is -0.123. The number of nitrogens with one attached hydrogen (secondary N) is 1. The zero-order valence-corrected chi connectivity index (χ0v) is 16.1. The predicted molar refractivity (Wildman–Crippen MR) is 108 cm³/mol. The molecule has 1 heterocycles. The van der Waals surface area contributed by atoms with E-state index >= 15 is 0 Å². The van der Waals surface area contributed by atoms with Gasteiger partial charge in [-0.15, -0.1) is 0 Å². The van der Waals surface area contributed by atoms with Gasteiger partial charge in [-0.05, 0) is 54.3 Å². The number of carbonyl (C=O) groups is 1. The quantitative estimate of drug-likeness (QED) is 0.646. The number of aromatic nitrogens is 1. The first-order valence-electron chi connectivity index (χ1n) is 9.18. The summed E-state index contributed by atoms with van der Waals surface area (Å²) in [5.41, 5.74) is 4.32. The van der Waals surface area contributed by atoms with Crippen LogP contribution in [0.15, 0.2) is 66.9 Å². The van der Waals surface area contributed by atoms with Crippen LogP contribution in [0.1, 0.15) is 22.3 Å². The number of pyridine rings is 1. The molecule has 5 heteroatoms. The fraction of sp³-hybridized carbons (Fsp3) is 0.217. The van der Waals surface area contributed by atoms with Crippen molar-refractivity contribution in [1.82, 2.24) is 10.3 Å². The number of amides is 1. The lowest BCUT2D eigenvalue weighted by Gasteiger charge is -2.10. The average Bonchev–Trinajstić information content (AvgIpc) is 2.73. The van der Waals surface area contributed by atoms with Gasteiger partial charge in [0.15, 0.2) is 6.61 Å². The van der Waals surface area contributed by atoms with Gasteiger partial charge in [0.05, 0.1) is 0 Å². The molecule has 3 rings (SSSR count). The summed E-state index contributed by atoms with van der Waals surface area (Å²) in [4.78, 5) is 16.3. The van der Waals surface area contributed by atoms with Crippen molar-refractivity contribution in [3.63, 3.8) is 0 Å². The zero-order chi connectivity index (χ0) is 19.8. The highest BCUT2D eigenvalue weighted by Crippen LogP contribution is 2.16. The second-order valence-electron chi connectivity index (χ2n) is 6.59. The molecule has 1 aromatic heterocycles. The van der Waals surface area contributed by atoms with Gasteiger partial charge in [0.25, 0.3) is 5.91 Å². The van der Waals surface area contributed by atoms with Gasteiger partial charge in [0.2, 0.25) is 5.88 Å². The van der Waals surface area contributed by atoms with Crippen molar-refractivity contribution in [3.8, 4) is 11.6 Å². The topological polar surface area (TPSA) is 60.5 Å². The van der Waals surface area contributed by atoms with E-state index in [0.717, 1.165) is 16.7 Å². The molecule has 0 bridgehead atoms. The van der Waals surface area contributed by atoms with E-state index in [9.17, 15) is 4.79 Å². The van der Waals surface area contributed by atoms with Crippen molar-refractivity contribution < 1.29 is 14.3 Å². The molecule has 0 spiro atoms. The number of benzene rings is 2. The van der Waals surface area contributed by atoms with Crippen LogP contribution >= 0.6 is 0 Å². The molecular formula is C23H24N2O3. The Bertz CT molecular complexity index is 926. The first kappa shape index (κ1) is 19.4. The molecule has 0 aliphatic carbocycles. The van der Waals surface area contributed by atoms with Crippen LogP contribution in [-0.2, 0) is 17.9 Å². The summed E-state index contributed by atoms with van der Waals surface area (Å²) < 4.78 is 11.3. The maximum atomic E-state index is 12.1. The average molecular weight is 376 g/mol. The maximum Gasteiger partial charge on any atom is 0.258 e. The summed E-state index contributed by atoms with van der Waals surface area (Å²) in [6.07, 6.45) is 1.67. The summed E-state index contributed by atoms with van der Waals surface area (Å²) in [5, 5.41) is 2.85. The lowest BCUT2D eigenvalue weighted by Crippen LogP contribution is -2.28. The predicted octanol–water partition coefficient (Wildman–Crippen LogP) is 3.97. The SMILES string of the molecule is Cc1ccc(OCC(=O)NCc2ccnc(OCc3ccccc3)c2)cc1C. The van der Waals surface area contributed by atoms with Crippen molar-refractivity contribution in [2.75, 3.05) is 6.61 Å². The smallest absolute Gasteiger partial charge is 0.258 e. The van der Waals surface area contributed by atoms with Crippen LogP contribution in [0.25, 0.3) is 0 Å². The molecule has 0 atom stereocenters. The third-order valence-electron chi connectivity index (χ3n) is 4.37. The van der Waals surface area contributed by atoms with Crippen molar-refractivity contribution in [1.29, 1.82) is 0 Å². The molecular weight excluding hydrogens is 352 g/mol. The van der Waals surface area contributed by atoms with Gasteiger partial charge in [-0.25, -0.2) is 4.98 Å². The highest BCUT2D eigenvalue weighted by molar-refractivity contribution is 5.77.